The fraction of sp³-hybridized carbons (Fsp3) is 0.0800. The first-order valence-electron chi connectivity index (χ1n) is 10.7. The molecular weight excluding hydrogens is 446 g/mol. The number of fused-ring (bicyclic) bond motifs is 2. The van der Waals surface area contributed by atoms with E-state index in [9.17, 15) is 0 Å². The molecule has 0 aliphatic carbocycles. The average Bonchev–Trinajstić information content (AvgIpc) is 3.53. The number of aryl methyl sites for hydroxylation is 1. The van der Waals surface area contributed by atoms with Gasteiger partial charge in [-0.3, -0.25) is 0 Å². The number of nitrogens with one attached hydrogen (secondary N) is 1. The molecule has 0 bridgehead atoms. The first-order chi connectivity index (χ1) is 16.7. The molecular formula is C25H19N7OS. The van der Waals surface area contributed by atoms with Gasteiger partial charge >= 0.3 is 0 Å². The van der Waals surface area contributed by atoms with E-state index >= 15 is 0 Å². The molecule has 0 atom stereocenters. The second-order valence-corrected chi connectivity index (χ2v) is 8.76. The van der Waals surface area contributed by atoms with Crippen LogP contribution in [0.4, 0.5) is 11.5 Å². The quantitative estimate of drug-likeness (QED) is 0.344. The Morgan fingerprint density at radius 1 is 1.00 bits per heavy atom. The molecule has 0 aliphatic rings. The molecule has 0 saturated carbocycles. The SMILES string of the molecule is Cc1cc(Nc2ncnc3ccc(Cc4nncs4)cc23)ccc1Oc1ccn2ccnc2c1. The van der Waals surface area contributed by atoms with Gasteiger partial charge in [-0.05, 0) is 54.4 Å². The second kappa shape index (κ2) is 8.53. The Bertz CT molecular complexity index is 1610. The van der Waals surface area contributed by atoms with Crippen LogP contribution in [0.2, 0.25) is 0 Å². The minimum Gasteiger partial charge on any atom is -0.457 e. The molecule has 0 saturated heterocycles. The Labute approximate surface area is 199 Å². The van der Waals surface area contributed by atoms with Crippen molar-refractivity contribution < 1.29 is 4.74 Å². The molecule has 4 heterocycles. The van der Waals surface area contributed by atoms with Crippen molar-refractivity contribution in [3.8, 4) is 11.5 Å². The van der Waals surface area contributed by atoms with Crippen LogP contribution in [-0.2, 0) is 6.42 Å². The zero-order valence-corrected chi connectivity index (χ0v) is 19.0. The van der Waals surface area contributed by atoms with E-state index in [1.807, 2.05) is 60.1 Å². The van der Waals surface area contributed by atoms with Gasteiger partial charge in [-0.1, -0.05) is 6.07 Å². The summed E-state index contributed by atoms with van der Waals surface area (Å²) < 4.78 is 8.05. The fourth-order valence-corrected chi connectivity index (χ4v) is 4.38. The first kappa shape index (κ1) is 20.3. The number of benzene rings is 2. The zero-order valence-electron chi connectivity index (χ0n) is 18.2. The molecule has 0 spiro atoms. The van der Waals surface area contributed by atoms with Gasteiger partial charge in [0.2, 0.25) is 0 Å². The number of anilines is 2. The molecule has 166 valence electrons. The Hall–Kier alpha value is -4.37. The van der Waals surface area contributed by atoms with Gasteiger partial charge in [0.1, 0.15) is 39.8 Å². The van der Waals surface area contributed by atoms with E-state index in [1.54, 1.807) is 29.4 Å². The van der Waals surface area contributed by atoms with E-state index in [0.29, 0.717) is 0 Å². The van der Waals surface area contributed by atoms with E-state index in [2.05, 4.69) is 42.6 Å². The van der Waals surface area contributed by atoms with E-state index in [1.165, 1.54) is 0 Å². The number of nitrogens with zero attached hydrogens (tertiary/aromatic N) is 6. The molecule has 9 heteroatoms. The number of hydrogen-bond donors (Lipinski definition) is 1. The minimum atomic E-state index is 0.727. The summed E-state index contributed by atoms with van der Waals surface area (Å²) in [5.74, 6) is 2.28. The van der Waals surface area contributed by atoms with Crippen LogP contribution in [0.1, 0.15) is 16.1 Å². The number of hydrogen-bond acceptors (Lipinski definition) is 8. The smallest absolute Gasteiger partial charge is 0.141 e. The van der Waals surface area contributed by atoms with Crippen LogP contribution in [0, 0.1) is 6.92 Å². The van der Waals surface area contributed by atoms with Crippen molar-refractivity contribution in [2.75, 3.05) is 5.32 Å². The molecule has 34 heavy (non-hydrogen) atoms. The van der Waals surface area contributed by atoms with Crippen molar-refractivity contribution in [3.05, 3.63) is 95.1 Å². The maximum absolute atomic E-state index is 6.11. The largest absolute Gasteiger partial charge is 0.457 e. The lowest BCUT2D eigenvalue weighted by molar-refractivity contribution is 0.478. The molecule has 0 fully saturated rings. The molecule has 2 aromatic carbocycles. The predicted octanol–water partition coefficient (Wildman–Crippen LogP) is 5.56. The van der Waals surface area contributed by atoms with E-state index in [-0.39, 0.29) is 0 Å². The third kappa shape index (κ3) is 4.04. The Morgan fingerprint density at radius 2 is 1.97 bits per heavy atom. The molecule has 8 nitrogen and oxygen atoms in total. The third-order valence-corrected chi connectivity index (χ3v) is 6.19. The molecule has 0 radical (unpaired) electrons. The van der Waals surface area contributed by atoms with Crippen molar-refractivity contribution in [1.29, 1.82) is 0 Å². The molecule has 6 aromatic rings. The third-order valence-electron chi connectivity index (χ3n) is 5.50. The number of pyridine rings is 1. The Morgan fingerprint density at radius 3 is 2.85 bits per heavy atom. The van der Waals surface area contributed by atoms with Crippen LogP contribution in [0.5, 0.6) is 11.5 Å². The zero-order chi connectivity index (χ0) is 22.9. The molecule has 0 aliphatic heterocycles. The van der Waals surface area contributed by atoms with Crippen molar-refractivity contribution >= 4 is 39.4 Å². The summed E-state index contributed by atoms with van der Waals surface area (Å²) in [6.07, 6.45) is 7.90. The summed E-state index contributed by atoms with van der Waals surface area (Å²) >= 11 is 1.55. The maximum Gasteiger partial charge on any atom is 0.141 e. The van der Waals surface area contributed by atoms with Crippen molar-refractivity contribution in [2.24, 2.45) is 0 Å². The van der Waals surface area contributed by atoms with E-state index in [0.717, 1.165) is 62.1 Å². The van der Waals surface area contributed by atoms with Crippen LogP contribution in [0.3, 0.4) is 0 Å². The minimum absolute atomic E-state index is 0.727. The average molecular weight is 466 g/mol. The lowest BCUT2D eigenvalue weighted by atomic mass is 10.1. The van der Waals surface area contributed by atoms with Gasteiger partial charge in [0.05, 0.1) is 5.52 Å². The number of rotatable bonds is 6. The van der Waals surface area contributed by atoms with Gasteiger partial charge in [-0.25, -0.2) is 15.0 Å². The fourth-order valence-electron chi connectivity index (χ4n) is 3.82. The summed E-state index contributed by atoms with van der Waals surface area (Å²) in [6, 6.07) is 16.0. The lowest BCUT2D eigenvalue weighted by Crippen LogP contribution is -1.98. The van der Waals surface area contributed by atoms with Gasteiger partial charge in [-0.2, -0.15) is 0 Å². The summed E-state index contributed by atoms with van der Waals surface area (Å²) in [5.41, 5.74) is 6.53. The highest BCUT2D eigenvalue weighted by Crippen LogP contribution is 2.30. The predicted molar refractivity (Wildman–Crippen MR) is 132 cm³/mol. The van der Waals surface area contributed by atoms with Crippen molar-refractivity contribution in [3.63, 3.8) is 0 Å². The van der Waals surface area contributed by atoms with Gasteiger partial charge in [-0.15, -0.1) is 21.5 Å². The van der Waals surface area contributed by atoms with Crippen LogP contribution in [-0.4, -0.2) is 29.5 Å². The normalized spacial score (nSPS) is 11.2. The van der Waals surface area contributed by atoms with E-state index in [4.69, 9.17) is 4.74 Å². The number of aromatic nitrogens is 6. The highest BCUT2D eigenvalue weighted by atomic mass is 32.1. The lowest BCUT2D eigenvalue weighted by Gasteiger charge is -2.13. The van der Waals surface area contributed by atoms with Crippen LogP contribution < -0.4 is 10.1 Å². The molecule has 0 unspecified atom stereocenters. The summed E-state index contributed by atoms with van der Waals surface area (Å²) in [6.45, 7) is 2.02. The van der Waals surface area contributed by atoms with Gasteiger partial charge < -0.3 is 14.5 Å². The monoisotopic (exact) mass is 465 g/mol. The van der Waals surface area contributed by atoms with Crippen LogP contribution in [0.15, 0.2) is 79.0 Å². The van der Waals surface area contributed by atoms with Gasteiger partial charge in [0, 0.05) is 42.2 Å². The highest BCUT2D eigenvalue weighted by Gasteiger charge is 2.09. The van der Waals surface area contributed by atoms with Crippen LogP contribution in [0.25, 0.3) is 16.6 Å². The highest BCUT2D eigenvalue weighted by molar-refractivity contribution is 7.09. The van der Waals surface area contributed by atoms with E-state index < -0.39 is 0 Å². The molecule has 4 aromatic heterocycles. The number of ether oxygens (including phenoxy) is 1. The van der Waals surface area contributed by atoms with Crippen LogP contribution >= 0.6 is 11.3 Å². The first-order valence-corrected chi connectivity index (χ1v) is 11.6. The molecule has 0 amide bonds. The van der Waals surface area contributed by atoms with Gasteiger partial charge in [0.15, 0.2) is 0 Å². The summed E-state index contributed by atoms with van der Waals surface area (Å²) in [4.78, 5) is 13.2. The Balaban J connectivity index is 1.25. The van der Waals surface area contributed by atoms with Crippen molar-refractivity contribution in [1.82, 2.24) is 29.5 Å². The van der Waals surface area contributed by atoms with Crippen molar-refractivity contribution in [2.45, 2.75) is 13.3 Å². The van der Waals surface area contributed by atoms with Gasteiger partial charge in [0.25, 0.3) is 0 Å². The maximum atomic E-state index is 6.11. The standard InChI is InChI=1S/C25H19N7OS/c1-16-10-18(3-5-22(16)33-19-6-8-32-9-7-26-23(32)13-19)30-25-20-11-17(12-24-31-29-15-34-24)2-4-21(20)27-14-28-25/h2-11,13-15H,12H2,1H3,(H,27,28,30). The topological polar surface area (TPSA) is 90.1 Å². The molecule has 6 rings (SSSR count). The Kier molecular flexibility index (Phi) is 5.08. The number of imidazole rings is 1. The molecule has 1 N–H and O–H groups in total. The summed E-state index contributed by atoms with van der Waals surface area (Å²) in [5, 5.41) is 13.4. The summed E-state index contributed by atoms with van der Waals surface area (Å²) in [7, 11) is 0. The second-order valence-electron chi connectivity index (χ2n) is 7.85.